The number of esters is 1. The van der Waals surface area contributed by atoms with Crippen LogP contribution in [0, 0.1) is 0 Å². The number of methoxy groups -OCH3 is 1. The Kier molecular flexibility index (Phi) is 2.86. The fourth-order valence-electron chi connectivity index (χ4n) is 1.81. The third-order valence-electron chi connectivity index (χ3n) is 2.89. The Morgan fingerprint density at radius 2 is 1.82 bits per heavy atom. The predicted molar refractivity (Wildman–Crippen MR) is 65.5 cm³/mol. The summed E-state index contributed by atoms with van der Waals surface area (Å²) in [7, 11) is 1.26. The minimum atomic E-state index is -1.61. The molecule has 0 bridgehead atoms. The van der Waals surface area contributed by atoms with E-state index in [0.717, 1.165) is 10.8 Å². The van der Waals surface area contributed by atoms with Crippen LogP contribution in [-0.2, 0) is 15.1 Å². The van der Waals surface area contributed by atoms with E-state index in [0.29, 0.717) is 5.56 Å². The molecule has 2 rings (SSSR count). The highest BCUT2D eigenvalue weighted by Crippen LogP contribution is 2.25. The van der Waals surface area contributed by atoms with Gasteiger partial charge >= 0.3 is 5.97 Å². The second-order valence-corrected chi connectivity index (χ2v) is 4.13. The van der Waals surface area contributed by atoms with Gasteiger partial charge in [0.05, 0.1) is 7.11 Å². The first-order valence-electron chi connectivity index (χ1n) is 5.36. The molecule has 0 fully saturated rings. The second kappa shape index (κ2) is 4.18. The van der Waals surface area contributed by atoms with Crippen molar-refractivity contribution < 1.29 is 14.6 Å². The van der Waals surface area contributed by atoms with E-state index >= 15 is 0 Å². The summed E-state index contributed by atoms with van der Waals surface area (Å²) < 4.78 is 4.59. The zero-order chi connectivity index (χ0) is 12.5. The van der Waals surface area contributed by atoms with Crippen LogP contribution in [0.2, 0.25) is 0 Å². The van der Waals surface area contributed by atoms with Gasteiger partial charge in [-0.15, -0.1) is 0 Å². The topological polar surface area (TPSA) is 46.5 Å². The van der Waals surface area contributed by atoms with Crippen LogP contribution < -0.4 is 0 Å². The molecule has 0 amide bonds. The van der Waals surface area contributed by atoms with Crippen LogP contribution in [0.1, 0.15) is 12.5 Å². The number of ether oxygens (including phenoxy) is 1. The van der Waals surface area contributed by atoms with Crippen molar-refractivity contribution in [1.82, 2.24) is 0 Å². The number of carbonyl (C=O) groups excluding carboxylic acids is 1. The molecule has 1 N–H and O–H groups in total. The van der Waals surface area contributed by atoms with Gasteiger partial charge in [-0.3, -0.25) is 0 Å². The van der Waals surface area contributed by atoms with E-state index in [1.165, 1.54) is 14.0 Å². The first kappa shape index (κ1) is 11.6. The molecule has 3 nitrogen and oxygen atoms in total. The molecule has 0 unspecified atom stereocenters. The molecule has 88 valence electrons. The molecule has 2 aromatic carbocycles. The van der Waals surface area contributed by atoms with Gasteiger partial charge in [0, 0.05) is 0 Å². The van der Waals surface area contributed by atoms with Gasteiger partial charge in [0.1, 0.15) is 0 Å². The molecular weight excluding hydrogens is 216 g/mol. The molecule has 0 aliphatic heterocycles. The lowest BCUT2D eigenvalue weighted by molar-refractivity contribution is -0.161. The molecule has 0 aliphatic rings. The number of aliphatic hydroxyl groups is 1. The van der Waals surface area contributed by atoms with E-state index in [1.54, 1.807) is 12.1 Å². The summed E-state index contributed by atoms with van der Waals surface area (Å²) in [4.78, 5) is 11.5. The van der Waals surface area contributed by atoms with Crippen molar-refractivity contribution in [3.8, 4) is 0 Å². The van der Waals surface area contributed by atoms with Gasteiger partial charge in [-0.25, -0.2) is 4.79 Å². The lowest BCUT2D eigenvalue weighted by Gasteiger charge is -2.20. The smallest absolute Gasteiger partial charge is 0.342 e. The summed E-state index contributed by atoms with van der Waals surface area (Å²) in [5, 5.41) is 12.2. The normalized spacial score (nSPS) is 14.3. The van der Waals surface area contributed by atoms with Gasteiger partial charge < -0.3 is 9.84 Å². The average Bonchev–Trinajstić information content (AvgIpc) is 2.37. The number of hydrogen-bond acceptors (Lipinski definition) is 3. The van der Waals surface area contributed by atoms with Gasteiger partial charge in [0.25, 0.3) is 0 Å². The van der Waals surface area contributed by atoms with Gasteiger partial charge in [-0.05, 0) is 29.3 Å². The van der Waals surface area contributed by atoms with Crippen LogP contribution in [0.5, 0.6) is 0 Å². The van der Waals surface area contributed by atoms with E-state index < -0.39 is 11.6 Å². The Labute approximate surface area is 99.6 Å². The second-order valence-electron chi connectivity index (χ2n) is 4.13. The zero-order valence-corrected chi connectivity index (χ0v) is 9.81. The fraction of sp³-hybridized carbons (Fsp3) is 0.214. The first-order valence-corrected chi connectivity index (χ1v) is 5.36. The van der Waals surface area contributed by atoms with Crippen molar-refractivity contribution in [3.05, 3.63) is 48.0 Å². The number of hydrogen-bond donors (Lipinski definition) is 1. The molecule has 0 aliphatic carbocycles. The van der Waals surface area contributed by atoms with E-state index in [4.69, 9.17) is 0 Å². The highest BCUT2D eigenvalue weighted by molar-refractivity contribution is 5.86. The third kappa shape index (κ3) is 2.01. The summed E-state index contributed by atoms with van der Waals surface area (Å²) >= 11 is 0. The van der Waals surface area contributed by atoms with Gasteiger partial charge in [0.2, 0.25) is 0 Å². The van der Waals surface area contributed by atoms with Crippen LogP contribution in [-0.4, -0.2) is 18.2 Å². The molecular formula is C14H14O3. The summed E-state index contributed by atoms with van der Waals surface area (Å²) in [6, 6.07) is 13.2. The molecule has 0 saturated carbocycles. The minimum Gasteiger partial charge on any atom is -0.467 e. The number of rotatable bonds is 2. The SMILES string of the molecule is COC(=O)[C@@](C)(O)c1ccc2ccccc2c1. The molecule has 0 aromatic heterocycles. The molecule has 0 saturated heterocycles. The van der Waals surface area contributed by atoms with E-state index in [9.17, 15) is 9.90 Å². The van der Waals surface area contributed by atoms with Crippen LogP contribution in [0.4, 0.5) is 0 Å². The molecule has 3 heteroatoms. The maximum atomic E-state index is 11.5. The Morgan fingerprint density at radius 3 is 2.47 bits per heavy atom. The minimum absolute atomic E-state index is 0.531. The van der Waals surface area contributed by atoms with Crippen molar-refractivity contribution in [2.75, 3.05) is 7.11 Å². The largest absolute Gasteiger partial charge is 0.467 e. The number of carbonyl (C=O) groups is 1. The molecule has 1 atom stereocenters. The Balaban J connectivity index is 2.53. The zero-order valence-electron chi connectivity index (χ0n) is 9.81. The van der Waals surface area contributed by atoms with Crippen LogP contribution in [0.15, 0.2) is 42.5 Å². The maximum Gasteiger partial charge on any atom is 0.342 e. The first-order chi connectivity index (χ1) is 8.05. The average molecular weight is 230 g/mol. The highest BCUT2D eigenvalue weighted by Gasteiger charge is 2.33. The molecule has 0 heterocycles. The van der Waals surface area contributed by atoms with Gasteiger partial charge in [-0.1, -0.05) is 36.4 Å². The summed E-state index contributed by atoms with van der Waals surface area (Å²) in [6.45, 7) is 1.43. The van der Waals surface area contributed by atoms with E-state index in [2.05, 4.69) is 4.74 Å². The standard InChI is InChI=1S/C14H14O3/c1-14(16,13(15)17-2)12-8-7-10-5-3-4-6-11(10)9-12/h3-9,16H,1-2H3/t14-/m0/s1. The summed E-state index contributed by atoms with van der Waals surface area (Å²) in [6.07, 6.45) is 0. The highest BCUT2D eigenvalue weighted by atomic mass is 16.5. The third-order valence-corrected chi connectivity index (χ3v) is 2.89. The summed E-state index contributed by atoms with van der Waals surface area (Å²) in [5.41, 5.74) is -1.08. The molecule has 2 aromatic rings. The van der Waals surface area contributed by atoms with Crippen molar-refractivity contribution in [2.45, 2.75) is 12.5 Å². The van der Waals surface area contributed by atoms with Gasteiger partial charge in [-0.2, -0.15) is 0 Å². The Bertz CT molecular complexity index is 558. The van der Waals surface area contributed by atoms with E-state index in [1.807, 2.05) is 30.3 Å². The number of fused-ring (bicyclic) bond motifs is 1. The number of benzene rings is 2. The predicted octanol–water partition coefficient (Wildman–Crippen LogP) is 2.22. The van der Waals surface area contributed by atoms with E-state index in [-0.39, 0.29) is 0 Å². The molecule has 0 spiro atoms. The lowest BCUT2D eigenvalue weighted by Crippen LogP contribution is -2.33. The monoisotopic (exact) mass is 230 g/mol. The summed E-state index contributed by atoms with van der Waals surface area (Å²) in [5.74, 6) is -0.659. The quantitative estimate of drug-likeness (QED) is 0.805. The van der Waals surface area contributed by atoms with Crippen molar-refractivity contribution in [1.29, 1.82) is 0 Å². The lowest BCUT2D eigenvalue weighted by atomic mass is 9.94. The van der Waals surface area contributed by atoms with Crippen molar-refractivity contribution in [2.24, 2.45) is 0 Å². The molecule has 17 heavy (non-hydrogen) atoms. The van der Waals surface area contributed by atoms with Crippen molar-refractivity contribution in [3.63, 3.8) is 0 Å². The van der Waals surface area contributed by atoms with Crippen LogP contribution in [0.3, 0.4) is 0 Å². The van der Waals surface area contributed by atoms with Crippen molar-refractivity contribution >= 4 is 16.7 Å². The van der Waals surface area contributed by atoms with Crippen LogP contribution >= 0.6 is 0 Å². The fourth-order valence-corrected chi connectivity index (χ4v) is 1.81. The maximum absolute atomic E-state index is 11.5. The Hall–Kier alpha value is -1.87. The molecule has 0 radical (unpaired) electrons. The van der Waals surface area contributed by atoms with Crippen LogP contribution in [0.25, 0.3) is 10.8 Å². The van der Waals surface area contributed by atoms with Gasteiger partial charge in [0.15, 0.2) is 5.60 Å². The Morgan fingerprint density at radius 1 is 1.18 bits per heavy atom.